The molecule has 0 aromatic heterocycles. The minimum atomic E-state index is -0.707. The van der Waals surface area contributed by atoms with Gasteiger partial charge >= 0.3 is 5.97 Å². The molecule has 0 unspecified atom stereocenters. The van der Waals surface area contributed by atoms with Crippen molar-refractivity contribution in [1.82, 2.24) is 4.90 Å². The van der Waals surface area contributed by atoms with E-state index in [1.807, 2.05) is 18.2 Å². The highest BCUT2D eigenvalue weighted by Crippen LogP contribution is 2.29. The number of benzene rings is 1. The SMILES string of the molecule is O=C(O)[C@@H]1CCCN1Cc1ccccc1OC1CCCC1. The lowest BCUT2D eigenvalue weighted by atomic mass is 10.1. The van der Waals surface area contributed by atoms with Crippen molar-refractivity contribution in [2.45, 2.75) is 57.2 Å². The summed E-state index contributed by atoms with van der Waals surface area (Å²) in [5, 5.41) is 9.29. The zero-order valence-electron chi connectivity index (χ0n) is 12.3. The maximum absolute atomic E-state index is 11.3. The Morgan fingerprint density at radius 2 is 1.95 bits per heavy atom. The van der Waals surface area contributed by atoms with Gasteiger partial charge in [-0.2, -0.15) is 0 Å². The number of likely N-dealkylation sites (tertiary alicyclic amines) is 1. The molecule has 1 aliphatic heterocycles. The number of carbonyl (C=O) groups is 1. The van der Waals surface area contributed by atoms with Gasteiger partial charge in [0, 0.05) is 12.1 Å². The molecule has 1 aromatic rings. The van der Waals surface area contributed by atoms with E-state index in [1.54, 1.807) is 0 Å². The van der Waals surface area contributed by atoms with Gasteiger partial charge in [0.2, 0.25) is 0 Å². The lowest BCUT2D eigenvalue weighted by molar-refractivity contribution is -0.142. The van der Waals surface area contributed by atoms with Crippen LogP contribution in [0.5, 0.6) is 5.75 Å². The molecule has 3 rings (SSSR count). The maximum atomic E-state index is 11.3. The van der Waals surface area contributed by atoms with Gasteiger partial charge < -0.3 is 9.84 Å². The molecule has 4 heteroatoms. The molecule has 0 bridgehead atoms. The van der Waals surface area contributed by atoms with E-state index in [1.165, 1.54) is 12.8 Å². The maximum Gasteiger partial charge on any atom is 0.320 e. The van der Waals surface area contributed by atoms with Crippen LogP contribution in [0.25, 0.3) is 0 Å². The monoisotopic (exact) mass is 289 g/mol. The zero-order valence-corrected chi connectivity index (χ0v) is 12.3. The Morgan fingerprint density at radius 3 is 2.71 bits per heavy atom. The summed E-state index contributed by atoms with van der Waals surface area (Å²) in [6.07, 6.45) is 6.81. The Kier molecular flexibility index (Phi) is 4.44. The lowest BCUT2D eigenvalue weighted by Crippen LogP contribution is -2.35. The van der Waals surface area contributed by atoms with Gasteiger partial charge in [-0.3, -0.25) is 9.69 Å². The summed E-state index contributed by atoms with van der Waals surface area (Å²) < 4.78 is 6.14. The van der Waals surface area contributed by atoms with E-state index in [0.29, 0.717) is 12.6 Å². The average Bonchev–Trinajstić information content (AvgIpc) is 3.12. The number of hydrogen-bond acceptors (Lipinski definition) is 3. The number of ether oxygens (including phenoxy) is 1. The lowest BCUT2D eigenvalue weighted by Gasteiger charge is -2.23. The molecule has 1 N–H and O–H groups in total. The van der Waals surface area contributed by atoms with Crippen molar-refractivity contribution in [3.63, 3.8) is 0 Å². The second-order valence-electron chi connectivity index (χ2n) is 6.10. The van der Waals surface area contributed by atoms with Crippen LogP contribution >= 0.6 is 0 Å². The van der Waals surface area contributed by atoms with Crippen molar-refractivity contribution < 1.29 is 14.6 Å². The smallest absolute Gasteiger partial charge is 0.320 e. The van der Waals surface area contributed by atoms with E-state index in [9.17, 15) is 9.90 Å². The van der Waals surface area contributed by atoms with E-state index in [2.05, 4.69) is 11.0 Å². The molecule has 1 saturated carbocycles. The first-order valence-electron chi connectivity index (χ1n) is 7.95. The van der Waals surface area contributed by atoms with Crippen molar-refractivity contribution in [3.8, 4) is 5.75 Å². The number of hydrogen-bond donors (Lipinski definition) is 1. The van der Waals surface area contributed by atoms with Crippen LogP contribution in [0, 0.1) is 0 Å². The van der Waals surface area contributed by atoms with E-state index < -0.39 is 5.97 Å². The number of aliphatic carboxylic acids is 1. The van der Waals surface area contributed by atoms with E-state index in [0.717, 1.165) is 43.5 Å². The standard InChI is InChI=1S/C17H23NO3/c19-17(20)15-9-5-11-18(15)12-13-6-1-4-10-16(13)21-14-7-2-3-8-14/h1,4,6,10,14-15H,2-3,5,7-9,11-12H2,(H,19,20)/t15-/m0/s1. The summed E-state index contributed by atoms with van der Waals surface area (Å²) in [7, 11) is 0. The molecule has 21 heavy (non-hydrogen) atoms. The van der Waals surface area contributed by atoms with Crippen LogP contribution in [0.1, 0.15) is 44.1 Å². The second kappa shape index (κ2) is 6.48. The van der Waals surface area contributed by atoms with Gasteiger partial charge in [-0.05, 0) is 51.1 Å². The summed E-state index contributed by atoms with van der Waals surface area (Å²) >= 11 is 0. The molecule has 1 aromatic carbocycles. The van der Waals surface area contributed by atoms with Gasteiger partial charge in [0.1, 0.15) is 11.8 Å². The highest BCUT2D eigenvalue weighted by molar-refractivity contribution is 5.73. The molecule has 2 aliphatic rings. The summed E-state index contributed by atoms with van der Waals surface area (Å²) in [5.41, 5.74) is 1.11. The normalized spacial score (nSPS) is 23.5. The minimum absolute atomic E-state index is 0.333. The average molecular weight is 289 g/mol. The molecular weight excluding hydrogens is 266 g/mol. The van der Waals surface area contributed by atoms with Crippen LogP contribution in [0.3, 0.4) is 0 Å². The molecule has 1 aliphatic carbocycles. The van der Waals surface area contributed by atoms with E-state index >= 15 is 0 Å². The highest BCUT2D eigenvalue weighted by Gasteiger charge is 2.31. The molecule has 1 heterocycles. The van der Waals surface area contributed by atoms with Crippen LogP contribution in [-0.4, -0.2) is 34.7 Å². The van der Waals surface area contributed by atoms with Crippen molar-refractivity contribution in [1.29, 1.82) is 0 Å². The zero-order chi connectivity index (χ0) is 14.7. The fourth-order valence-electron chi connectivity index (χ4n) is 3.45. The van der Waals surface area contributed by atoms with Crippen LogP contribution in [0.2, 0.25) is 0 Å². The number of rotatable bonds is 5. The Morgan fingerprint density at radius 1 is 1.19 bits per heavy atom. The van der Waals surface area contributed by atoms with Crippen molar-refractivity contribution in [2.75, 3.05) is 6.54 Å². The largest absolute Gasteiger partial charge is 0.490 e. The van der Waals surface area contributed by atoms with Gasteiger partial charge in [-0.1, -0.05) is 18.2 Å². The highest BCUT2D eigenvalue weighted by atomic mass is 16.5. The topological polar surface area (TPSA) is 49.8 Å². The van der Waals surface area contributed by atoms with Gasteiger partial charge in [0.05, 0.1) is 6.10 Å². The third-order valence-electron chi connectivity index (χ3n) is 4.59. The summed E-state index contributed by atoms with van der Waals surface area (Å²) in [5.74, 6) is 0.224. The molecule has 4 nitrogen and oxygen atoms in total. The first-order valence-corrected chi connectivity index (χ1v) is 7.95. The number of carboxylic acids is 1. The van der Waals surface area contributed by atoms with Crippen LogP contribution in [-0.2, 0) is 11.3 Å². The summed E-state index contributed by atoms with van der Waals surface area (Å²) in [4.78, 5) is 13.3. The molecular formula is C17H23NO3. The fourth-order valence-corrected chi connectivity index (χ4v) is 3.45. The predicted octanol–water partition coefficient (Wildman–Crippen LogP) is 3.06. The number of nitrogens with zero attached hydrogens (tertiary/aromatic N) is 1. The molecule has 0 spiro atoms. The quantitative estimate of drug-likeness (QED) is 0.905. The molecule has 1 saturated heterocycles. The third kappa shape index (κ3) is 3.38. The van der Waals surface area contributed by atoms with Crippen molar-refractivity contribution in [2.24, 2.45) is 0 Å². The second-order valence-corrected chi connectivity index (χ2v) is 6.10. The molecule has 0 radical (unpaired) electrons. The van der Waals surface area contributed by atoms with Gasteiger partial charge in [-0.15, -0.1) is 0 Å². The molecule has 2 fully saturated rings. The van der Waals surface area contributed by atoms with Crippen LogP contribution < -0.4 is 4.74 Å². The van der Waals surface area contributed by atoms with Crippen molar-refractivity contribution >= 4 is 5.97 Å². The fraction of sp³-hybridized carbons (Fsp3) is 0.588. The van der Waals surface area contributed by atoms with Gasteiger partial charge in [0.25, 0.3) is 0 Å². The summed E-state index contributed by atoms with van der Waals surface area (Å²) in [6.45, 7) is 1.52. The van der Waals surface area contributed by atoms with E-state index in [-0.39, 0.29) is 6.04 Å². The van der Waals surface area contributed by atoms with Crippen molar-refractivity contribution in [3.05, 3.63) is 29.8 Å². The number of carboxylic acid groups (broad SMARTS) is 1. The van der Waals surface area contributed by atoms with Crippen LogP contribution in [0.4, 0.5) is 0 Å². The van der Waals surface area contributed by atoms with E-state index in [4.69, 9.17) is 4.74 Å². The Balaban J connectivity index is 1.71. The van der Waals surface area contributed by atoms with Crippen LogP contribution in [0.15, 0.2) is 24.3 Å². The molecule has 1 atom stereocenters. The van der Waals surface area contributed by atoms with Gasteiger partial charge in [0.15, 0.2) is 0 Å². The third-order valence-corrected chi connectivity index (χ3v) is 4.59. The molecule has 0 amide bonds. The first-order chi connectivity index (χ1) is 10.2. The first kappa shape index (κ1) is 14.4. The summed E-state index contributed by atoms with van der Waals surface area (Å²) in [6, 6.07) is 7.72. The minimum Gasteiger partial charge on any atom is -0.490 e. The number of para-hydroxylation sites is 1. The molecule has 114 valence electrons. The Bertz CT molecular complexity index is 497. The Labute approximate surface area is 125 Å². The Hall–Kier alpha value is -1.55. The van der Waals surface area contributed by atoms with Gasteiger partial charge in [-0.25, -0.2) is 0 Å². The predicted molar refractivity (Wildman–Crippen MR) is 80.4 cm³/mol.